The van der Waals surface area contributed by atoms with Crippen LogP contribution in [0.5, 0.6) is 0 Å². The topological polar surface area (TPSA) is 117 Å². The van der Waals surface area contributed by atoms with Crippen molar-refractivity contribution < 1.29 is 14.7 Å². The lowest BCUT2D eigenvalue weighted by Crippen LogP contribution is -2.34. The van der Waals surface area contributed by atoms with E-state index in [0.717, 1.165) is 6.07 Å². The Bertz CT molecular complexity index is 703. The number of amides is 1. The lowest BCUT2D eigenvalue weighted by molar-refractivity contribution is -0.139. The maximum absolute atomic E-state index is 11.9. The number of H-pyrrole nitrogens is 1. The molecule has 0 aliphatic carbocycles. The first-order chi connectivity index (χ1) is 9.47. The number of rotatable bonds is 4. The molecule has 1 amide bonds. The minimum Gasteiger partial charge on any atom is -0.479 e. The molecule has 0 bridgehead atoms. The molecule has 0 fully saturated rings. The third-order valence-corrected chi connectivity index (χ3v) is 2.62. The van der Waals surface area contributed by atoms with Crippen molar-refractivity contribution in [3.63, 3.8) is 0 Å². The first-order valence-corrected chi connectivity index (χ1v) is 5.68. The van der Waals surface area contributed by atoms with Gasteiger partial charge in [-0.25, -0.2) is 4.79 Å². The van der Waals surface area contributed by atoms with E-state index in [1.165, 1.54) is 29.3 Å². The van der Waals surface area contributed by atoms with Crippen molar-refractivity contribution in [3.8, 4) is 0 Å². The molecule has 2 aromatic rings. The van der Waals surface area contributed by atoms with Crippen molar-refractivity contribution in [1.29, 1.82) is 0 Å². The zero-order chi connectivity index (χ0) is 14.7. The van der Waals surface area contributed by atoms with E-state index in [9.17, 15) is 14.4 Å². The van der Waals surface area contributed by atoms with E-state index < -0.39 is 23.5 Å². The van der Waals surface area contributed by atoms with Gasteiger partial charge in [0.25, 0.3) is 5.91 Å². The van der Waals surface area contributed by atoms with Crippen LogP contribution in [0.2, 0.25) is 0 Å². The molecular formula is C12H12N4O4. The molecule has 0 aliphatic heterocycles. The van der Waals surface area contributed by atoms with E-state index >= 15 is 0 Å². The number of pyridine rings is 1. The lowest BCUT2D eigenvalue weighted by atomic mass is 10.1. The van der Waals surface area contributed by atoms with Gasteiger partial charge < -0.3 is 15.4 Å². The second kappa shape index (κ2) is 5.39. The fourth-order valence-electron chi connectivity index (χ4n) is 1.68. The highest BCUT2D eigenvalue weighted by molar-refractivity contribution is 5.96. The summed E-state index contributed by atoms with van der Waals surface area (Å²) >= 11 is 0. The molecule has 0 aliphatic rings. The number of carboxylic acid groups (broad SMARTS) is 1. The number of aromatic amines is 1. The molecule has 0 aromatic carbocycles. The summed E-state index contributed by atoms with van der Waals surface area (Å²) < 4.78 is 1.44. The van der Waals surface area contributed by atoms with Gasteiger partial charge in [-0.3, -0.25) is 14.3 Å². The number of aliphatic carboxylic acids is 1. The zero-order valence-electron chi connectivity index (χ0n) is 10.5. The van der Waals surface area contributed by atoms with Crippen LogP contribution < -0.4 is 10.9 Å². The van der Waals surface area contributed by atoms with Gasteiger partial charge in [-0.05, 0) is 6.07 Å². The number of carboxylic acids is 1. The van der Waals surface area contributed by atoms with Crippen molar-refractivity contribution in [2.75, 3.05) is 0 Å². The molecular weight excluding hydrogens is 264 g/mol. The molecule has 0 radical (unpaired) electrons. The minimum atomic E-state index is -1.23. The number of nitrogens with one attached hydrogen (secondary N) is 2. The summed E-state index contributed by atoms with van der Waals surface area (Å²) in [4.78, 5) is 36.7. The van der Waals surface area contributed by atoms with Gasteiger partial charge in [0.2, 0.25) is 5.56 Å². The highest BCUT2D eigenvalue weighted by atomic mass is 16.4. The van der Waals surface area contributed by atoms with Gasteiger partial charge >= 0.3 is 5.97 Å². The fraction of sp³-hybridized carbons (Fsp3) is 0.167. The van der Waals surface area contributed by atoms with Gasteiger partial charge in [-0.2, -0.15) is 5.10 Å². The second-order valence-electron chi connectivity index (χ2n) is 4.13. The van der Waals surface area contributed by atoms with Gasteiger partial charge in [-0.1, -0.05) is 0 Å². The molecule has 1 atom stereocenters. The van der Waals surface area contributed by atoms with Crippen molar-refractivity contribution in [1.82, 2.24) is 20.1 Å². The Labute approximate surface area is 113 Å². The standard InChI is InChI=1S/C12H12N4O4/c1-16-6-8(5-14-16)10(12(19)20)15-11(18)7-2-3-13-9(17)4-7/h2-6,10H,1H3,(H,13,17)(H,15,18)(H,19,20). The minimum absolute atomic E-state index is 0.0869. The van der Waals surface area contributed by atoms with Crippen molar-refractivity contribution in [2.45, 2.75) is 6.04 Å². The summed E-state index contributed by atoms with van der Waals surface area (Å²) in [5, 5.41) is 15.4. The average Bonchev–Trinajstić information content (AvgIpc) is 2.81. The number of carbonyl (C=O) groups is 2. The SMILES string of the molecule is Cn1cc(C(NC(=O)c2cc[nH]c(=O)c2)C(=O)O)cn1. The average molecular weight is 276 g/mol. The number of hydrogen-bond acceptors (Lipinski definition) is 4. The van der Waals surface area contributed by atoms with Gasteiger partial charge in [0, 0.05) is 36.6 Å². The summed E-state index contributed by atoms with van der Waals surface area (Å²) in [7, 11) is 1.64. The van der Waals surface area contributed by atoms with E-state index in [4.69, 9.17) is 5.11 Å². The summed E-state index contributed by atoms with van der Waals surface area (Å²) in [6.45, 7) is 0. The van der Waals surface area contributed by atoms with Gasteiger partial charge in [-0.15, -0.1) is 0 Å². The van der Waals surface area contributed by atoms with Crippen LogP contribution in [0, 0.1) is 0 Å². The Morgan fingerprint density at radius 2 is 2.25 bits per heavy atom. The number of aromatic nitrogens is 3. The lowest BCUT2D eigenvalue weighted by Gasteiger charge is -2.12. The van der Waals surface area contributed by atoms with Crippen LogP contribution in [0.3, 0.4) is 0 Å². The van der Waals surface area contributed by atoms with Crippen LogP contribution in [0.15, 0.2) is 35.5 Å². The van der Waals surface area contributed by atoms with Gasteiger partial charge in [0.05, 0.1) is 6.20 Å². The molecule has 0 spiro atoms. The molecule has 104 valence electrons. The van der Waals surface area contributed by atoms with Gasteiger partial charge in [0.15, 0.2) is 6.04 Å². The largest absolute Gasteiger partial charge is 0.479 e. The zero-order valence-corrected chi connectivity index (χ0v) is 10.5. The first kappa shape index (κ1) is 13.5. The quantitative estimate of drug-likeness (QED) is 0.706. The fourth-order valence-corrected chi connectivity index (χ4v) is 1.68. The molecule has 2 aromatic heterocycles. The maximum atomic E-state index is 11.9. The Hall–Kier alpha value is -2.90. The third-order valence-electron chi connectivity index (χ3n) is 2.62. The Balaban J connectivity index is 2.23. The van der Waals surface area contributed by atoms with Crippen LogP contribution in [0.4, 0.5) is 0 Å². The number of aryl methyl sites for hydroxylation is 1. The molecule has 0 saturated carbocycles. The molecule has 1 unspecified atom stereocenters. The van der Waals surface area contributed by atoms with E-state index in [2.05, 4.69) is 15.4 Å². The predicted molar refractivity (Wildman–Crippen MR) is 68.1 cm³/mol. The third kappa shape index (κ3) is 2.91. The monoisotopic (exact) mass is 276 g/mol. The molecule has 2 rings (SSSR count). The number of hydrogen-bond donors (Lipinski definition) is 3. The Morgan fingerprint density at radius 3 is 2.80 bits per heavy atom. The summed E-state index contributed by atoms with van der Waals surface area (Å²) in [6.07, 6.45) is 4.17. The predicted octanol–water partition coefficient (Wildman–Crippen LogP) is -0.336. The molecule has 2 heterocycles. The van der Waals surface area contributed by atoms with Crippen molar-refractivity contribution >= 4 is 11.9 Å². The van der Waals surface area contributed by atoms with E-state index in [0.29, 0.717) is 5.56 Å². The molecule has 20 heavy (non-hydrogen) atoms. The maximum Gasteiger partial charge on any atom is 0.331 e. The second-order valence-corrected chi connectivity index (χ2v) is 4.13. The van der Waals surface area contributed by atoms with Crippen LogP contribution in [-0.4, -0.2) is 31.7 Å². The Morgan fingerprint density at radius 1 is 1.50 bits per heavy atom. The summed E-state index contributed by atoms with van der Waals surface area (Å²) in [5.74, 6) is -1.86. The molecule has 8 heteroatoms. The Kier molecular flexibility index (Phi) is 3.65. The number of carbonyl (C=O) groups excluding carboxylic acids is 1. The molecule has 3 N–H and O–H groups in total. The highest BCUT2D eigenvalue weighted by Crippen LogP contribution is 2.12. The van der Waals surface area contributed by atoms with Crippen molar-refractivity contribution in [3.05, 3.63) is 52.2 Å². The smallest absolute Gasteiger partial charge is 0.331 e. The number of nitrogens with zero attached hydrogens (tertiary/aromatic N) is 2. The summed E-state index contributed by atoms with van der Waals surface area (Å²) in [5.41, 5.74) is -0.00650. The first-order valence-electron chi connectivity index (χ1n) is 5.68. The van der Waals surface area contributed by atoms with E-state index in [1.54, 1.807) is 7.05 Å². The van der Waals surface area contributed by atoms with E-state index in [-0.39, 0.29) is 5.56 Å². The van der Waals surface area contributed by atoms with E-state index in [1.807, 2.05) is 0 Å². The molecule has 0 saturated heterocycles. The van der Waals surface area contributed by atoms with Gasteiger partial charge in [0.1, 0.15) is 0 Å². The van der Waals surface area contributed by atoms with Crippen molar-refractivity contribution in [2.24, 2.45) is 7.05 Å². The van der Waals surface area contributed by atoms with Crippen LogP contribution in [-0.2, 0) is 11.8 Å². The molecule has 8 nitrogen and oxygen atoms in total. The summed E-state index contributed by atoms with van der Waals surface area (Å²) in [6, 6.07) is 1.26. The van der Waals surface area contributed by atoms with Crippen LogP contribution in [0.1, 0.15) is 22.0 Å². The normalized spacial score (nSPS) is 11.8. The van der Waals surface area contributed by atoms with Crippen LogP contribution in [0.25, 0.3) is 0 Å². The van der Waals surface area contributed by atoms with Crippen LogP contribution >= 0.6 is 0 Å². The highest BCUT2D eigenvalue weighted by Gasteiger charge is 2.24.